The molecule has 1 heterocycles. The van der Waals surface area contributed by atoms with Gasteiger partial charge in [0.05, 0.1) is 11.5 Å². The molecule has 3 aromatic carbocycles. The van der Waals surface area contributed by atoms with Crippen LogP contribution in [-0.2, 0) is 27.8 Å². The number of nitrogens with zero attached hydrogens (tertiary/aromatic N) is 1. The van der Waals surface area contributed by atoms with Gasteiger partial charge in [0.1, 0.15) is 0 Å². The number of carbonyl (C=O) groups is 1. The van der Waals surface area contributed by atoms with E-state index >= 15 is 0 Å². The van der Waals surface area contributed by atoms with Crippen LogP contribution >= 0.6 is 11.6 Å². The highest BCUT2D eigenvalue weighted by Gasteiger charge is 2.28. The maximum Gasteiger partial charge on any atom is 0.409 e. The van der Waals surface area contributed by atoms with Gasteiger partial charge in [-0.25, -0.2) is 17.9 Å². The summed E-state index contributed by atoms with van der Waals surface area (Å²) in [5.74, 6) is 0. The molecule has 1 aliphatic rings. The Bertz CT molecular complexity index is 1290. The van der Waals surface area contributed by atoms with Crippen LogP contribution in [0.2, 0.25) is 5.02 Å². The zero-order valence-electron chi connectivity index (χ0n) is 19.7. The van der Waals surface area contributed by atoms with Crippen LogP contribution in [0.4, 0.5) is 4.79 Å². The summed E-state index contributed by atoms with van der Waals surface area (Å²) in [5.41, 5.74) is 2.02. The Labute approximate surface area is 211 Å². The molecule has 35 heavy (non-hydrogen) atoms. The van der Waals surface area contributed by atoms with Gasteiger partial charge in [0, 0.05) is 42.6 Å². The molecule has 3 aromatic rings. The minimum Gasteiger partial charge on any atom is -0.450 e. The van der Waals surface area contributed by atoms with Crippen LogP contribution in [0, 0.1) is 0 Å². The Balaban J connectivity index is 1.46. The van der Waals surface area contributed by atoms with Crippen molar-refractivity contribution in [2.75, 3.05) is 19.7 Å². The van der Waals surface area contributed by atoms with E-state index in [-0.39, 0.29) is 17.0 Å². The van der Waals surface area contributed by atoms with Crippen LogP contribution in [0.1, 0.15) is 30.9 Å². The van der Waals surface area contributed by atoms with E-state index in [1.54, 1.807) is 17.9 Å². The molecule has 4 rings (SSSR count). The van der Waals surface area contributed by atoms with Crippen molar-refractivity contribution in [1.82, 2.24) is 14.9 Å². The van der Waals surface area contributed by atoms with E-state index in [4.69, 9.17) is 16.3 Å². The Morgan fingerprint density at radius 3 is 2.34 bits per heavy atom. The molecule has 0 aliphatic carbocycles. The standard InChI is InChI=1S/C26H30ClN3O4S/c1-2-34-26(31)30-15-13-21(14-16-30)29-35(32,33)25-12-11-19(22-8-4-5-9-23(22)25)17-28-18-20-7-3-6-10-24(20)27/h3-12,21,28-29H,2,13-18H2,1H3. The molecule has 1 fully saturated rings. The predicted molar refractivity (Wildman–Crippen MR) is 138 cm³/mol. The van der Waals surface area contributed by atoms with Crippen LogP contribution in [0.25, 0.3) is 10.8 Å². The van der Waals surface area contributed by atoms with Crippen molar-refractivity contribution in [2.45, 2.75) is 43.8 Å². The fraction of sp³-hybridized carbons (Fsp3) is 0.346. The van der Waals surface area contributed by atoms with Crippen LogP contribution in [0.15, 0.2) is 65.6 Å². The molecular weight excluding hydrogens is 486 g/mol. The second kappa shape index (κ2) is 11.4. The summed E-state index contributed by atoms with van der Waals surface area (Å²) in [6.07, 6.45) is 0.735. The molecule has 1 amide bonds. The number of carbonyl (C=O) groups excluding carboxylic acids is 1. The van der Waals surface area contributed by atoms with E-state index in [0.717, 1.165) is 16.5 Å². The maximum atomic E-state index is 13.3. The molecule has 1 aliphatic heterocycles. The monoisotopic (exact) mass is 515 g/mol. The van der Waals surface area contributed by atoms with Gasteiger partial charge in [0.25, 0.3) is 0 Å². The van der Waals surface area contributed by atoms with Gasteiger partial charge in [-0.05, 0) is 48.4 Å². The summed E-state index contributed by atoms with van der Waals surface area (Å²) in [5, 5.41) is 5.69. The van der Waals surface area contributed by atoms with E-state index < -0.39 is 10.0 Å². The highest BCUT2D eigenvalue weighted by Crippen LogP contribution is 2.27. The Hall–Kier alpha value is -2.65. The lowest BCUT2D eigenvalue weighted by Crippen LogP contribution is -2.46. The summed E-state index contributed by atoms with van der Waals surface area (Å²) in [6.45, 7) is 4.20. The quantitative estimate of drug-likeness (QED) is 0.454. The number of piperidine rings is 1. The van der Waals surface area contributed by atoms with E-state index in [1.807, 2.05) is 54.6 Å². The van der Waals surface area contributed by atoms with E-state index in [1.165, 1.54) is 0 Å². The third-order valence-electron chi connectivity index (χ3n) is 6.20. The number of sulfonamides is 1. The highest BCUT2D eigenvalue weighted by atomic mass is 35.5. The van der Waals surface area contributed by atoms with Crippen molar-refractivity contribution in [3.05, 3.63) is 76.8 Å². The third kappa shape index (κ3) is 6.13. The molecule has 0 atom stereocenters. The third-order valence-corrected chi connectivity index (χ3v) is 8.14. The molecule has 0 bridgehead atoms. The zero-order chi connectivity index (χ0) is 24.8. The number of benzene rings is 3. The van der Waals surface area contributed by atoms with Crippen LogP contribution < -0.4 is 10.0 Å². The molecular formula is C26H30ClN3O4S. The number of amides is 1. The first-order chi connectivity index (χ1) is 16.9. The summed E-state index contributed by atoms with van der Waals surface area (Å²) >= 11 is 6.25. The van der Waals surface area contributed by atoms with Gasteiger partial charge in [0.2, 0.25) is 10.0 Å². The highest BCUT2D eigenvalue weighted by molar-refractivity contribution is 7.89. The van der Waals surface area contributed by atoms with Crippen molar-refractivity contribution in [3.8, 4) is 0 Å². The number of nitrogens with one attached hydrogen (secondary N) is 2. The smallest absolute Gasteiger partial charge is 0.409 e. The van der Waals surface area contributed by atoms with Crippen LogP contribution in [-0.4, -0.2) is 45.1 Å². The molecule has 1 saturated heterocycles. The van der Waals surface area contributed by atoms with Gasteiger partial charge in [-0.1, -0.05) is 60.1 Å². The molecule has 0 spiro atoms. The Morgan fingerprint density at radius 2 is 1.63 bits per heavy atom. The number of rotatable bonds is 8. The van der Waals surface area contributed by atoms with E-state index in [0.29, 0.717) is 56.0 Å². The van der Waals surface area contributed by atoms with Crippen molar-refractivity contribution in [1.29, 1.82) is 0 Å². The molecule has 0 radical (unpaired) electrons. The summed E-state index contributed by atoms with van der Waals surface area (Å²) in [7, 11) is -3.74. The number of likely N-dealkylation sites (tertiary alicyclic amines) is 1. The van der Waals surface area contributed by atoms with Gasteiger partial charge in [-0.2, -0.15) is 0 Å². The number of hydrogen-bond donors (Lipinski definition) is 2. The van der Waals surface area contributed by atoms with Crippen molar-refractivity contribution >= 4 is 38.5 Å². The number of fused-ring (bicyclic) bond motifs is 1. The van der Waals surface area contributed by atoms with Gasteiger partial charge in [-0.15, -0.1) is 0 Å². The van der Waals surface area contributed by atoms with E-state index in [2.05, 4.69) is 10.0 Å². The van der Waals surface area contributed by atoms with Gasteiger partial charge in [0.15, 0.2) is 0 Å². The number of halogens is 1. The first kappa shape index (κ1) is 25.4. The topological polar surface area (TPSA) is 87.7 Å². The molecule has 0 saturated carbocycles. The molecule has 7 nitrogen and oxygen atoms in total. The maximum absolute atomic E-state index is 13.3. The lowest BCUT2D eigenvalue weighted by Gasteiger charge is -2.31. The molecule has 2 N–H and O–H groups in total. The largest absolute Gasteiger partial charge is 0.450 e. The average molecular weight is 516 g/mol. The molecule has 186 valence electrons. The second-order valence-corrected chi connectivity index (χ2v) is 10.6. The summed E-state index contributed by atoms with van der Waals surface area (Å²) in [6, 6.07) is 18.5. The minimum absolute atomic E-state index is 0.235. The average Bonchev–Trinajstić information content (AvgIpc) is 2.85. The number of ether oxygens (including phenoxy) is 1. The first-order valence-corrected chi connectivity index (χ1v) is 13.6. The van der Waals surface area contributed by atoms with E-state index in [9.17, 15) is 13.2 Å². The van der Waals surface area contributed by atoms with Crippen molar-refractivity contribution < 1.29 is 17.9 Å². The second-order valence-electron chi connectivity index (χ2n) is 8.54. The fourth-order valence-electron chi connectivity index (χ4n) is 4.37. The van der Waals surface area contributed by atoms with Gasteiger partial charge < -0.3 is 15.0 Å². The first-order valence-electron chi connectivity index (χ1n) is 11.8. The summed E-state index contributed by atoms with van der Waals surface area (Å²) < 4.78 is 34.6. The minimum atomic E-state index is -3.74. The van der Waals surface area contributed by atoms with Crippen molar-refractivity contribution in [2.24, 2.45) is 0 Å². The van der Waals surface area contributed by atoms with Crippen LogP contribution in [0.5, 0.6) is 0 Å². The molecule has 9 heteroatoms. The van der Waals surface area contributed by atoms with Gasteiger partial charge in [-0.3, -0.25) is 0 Å². The SMILES string of the molecule is CCOC(=O)N1CCC(NS(=O)(=O)c2ccc(CNCc3ccccc3Cl)c3ccccc23)CC1. The molecule has 0 aromatic heterocycles. The van der Waals surface area contributed by atoms with Gasteiger partial charge >= 0.3 is 6.09 Å². The predicted octanol–water partition coefficient (Wildman–Crippen LogP) is 4.68. The Morgan fingerprint density at radius 1 is 0.971 bits per heavy atom. The van der Waals surface area contributed by atoms with Crippen molar-refractivity contribution in [3.63, 3.8) is 0 Å². The molecule has 0 unspecified atom stereocenters. The number of hydrogen-bond acceptors (Lipinski definition) is 5. The lowest BCUT2D eigenvalue weighted by atomic mass is 10.0. The zero-order valence-corrected chi connectivity index (χ0v) is 21.2. The Kier molecular flexibility index (Phi) is 8.28. The normalized spacial score (nSPS) is 14.9. The lowest BCUT2D eigenvalue weighted by molar-refractivity contribution is 0.0966. The van der Waals surface area contributed by atoms with Crippen LogP contribution in [0.3, 0.4) is 0 Å². The fourth-order valence-corrected chi connectivity index (χ4v) is 6.09. The summed E-state index contributed by atoms with van der Waals surface area (Å²) in [4.78, 5) is 13.8.